The van der Waals surface area contributed by atoms with Gasteiger partial charge >= 0.3 is 12.1 Å². The molecule has 0 spiro atoms. The molecule has 5 rings (SSSR count). The zero-order valence-corrected chi connectivity index (χ0v) is 20.1. The fourth-order valence-corrected chi connectivity index (χ4v) is 6.31. The fourth-order valence-electron chi connectivity index (χ4n) is 5.27. The number of thioether (sulfide) groups is 1. The Bertz CT molecular complexity index is 1090. The second kappa shape index (κ2) is 9.91. The van der Waals surface area contributed by atoms with Crippen LogP contribution in [0.3, 0.4) is 0 Å². The number of carboxylic acids is 1. The number of carboxylic acid groups (broad SMARTS) is 1. The molecule has 1 unspecified atom stereocenters. The van der Waals surface area contributed by atoms with Crippen molar-refractivity contribution in [3.8, 4) is 11.1 Å². The summed E-state index contributed by atoms with van der Waals surface area (Å²) in [5.41, 5.74) is 3.24. The minimum atomic E-state index is -1.24. The molecule has 0 aromatic heterocycles. The van der Waals surface area contributed by atoms with Gasteiger partial charge in [0.05, 0.1) is 0 Å². The third-order valence-electron chi connectivity index (χ3n) is 7.12. The fraction of sp³-hybridized carbons (Fsp3) is 0.423. The molecule has 2 saturated heterocycles. The van der Waals surface area contributed by atoms with Gasteiger partial charge in [0.2, 0.25) is 5.91 Å². The largest absolute Gasteiger partial charge is 0.480 e. The molecule has 2 aromatic carbocycles. The van der Waals surface area contributed by atoms with Crippen LogP contribution >= 0.6 is 11.8 Å². The van der Waals surface area contributed by atoms with E-state index in [9.17, 15) is 19.5 Å². The molecule has 3 aliphatic rings. The molecule has 184 valence electrons. The number of amides is 2. The van der Waals surface area contributed by atoms with E-state index in [1.165, 1.54) is 16.7 Å². The van der Waals surface area contributed by atoms with Gasteiger partial charge in [0.25, 0.3) is 0 Å². The summed E-state index contributed by atoms with van der Waals surface area (Å²) in [6.07, 6.45) is -0.141. The Hall–Kier alpha value is -3.04. The molecule has 2 N–H and O–H groups in total. The number of ether oxygens (including phenoxy) is 2. The highest BCUT2D eigenvalue weighted by Crippen LogP contribution is 2.44. The van der Waals surface area contributed by atoms with Crippen molar-refractivity contribution < 1.29 is 29.0 Å². The molecule has 0 bridgehead atoms. The van der Waals surface area contributed by atoms with E-state index >= 15 is 0 Å². The van der Waals surface area contributed by atoms with Gasteiger partial charge in [-0.05, 0) is 22.3 Å². The lowest BCUT2D eigenvalue weighted by Crippen LogP contribution is -2.65. The topological polar surface area (TPSA) is 105 Å². The molecule has 2 aliphatic heterocycles. The van der Waals surface area contributed by atoms with Crippen LogP contribution < -0.4 is 5.32 Å². The van der Waals surface area contributed by atoms with Crippen molar-refractivity contribution in [2.75, 3.05) is 37.9 Å². The summed E-state index contributed by atoms with van der Waals surface area (Å²) in [5, 5.41) is 12.5. The van der Waals surface area contributed by atoms with E-state index in [0.29, 0.717) is 31.3 Å². The van der Waals surface area contributed by atoms with Crippen LogP contribution in [-0.2, 0) is 19.1 Å². The van der Waals surface area contributed by atoms with Gasteiger partial charge in [0.15, 0.2) is 0 Å². The third-order valence-corrected chi connectivity index (χ3v) is 8.14. The first-order chi connectivity index (χ1) is 17.0. The summed E-state index contributed by atoms with van der Waals surface area (Å²) in [6.45, 7) is 1.07. The van der Waals surface area contributed by atoms with Crippen molar-refractivity contribution in [3.05, 3.63) is 59.7 Å². The van der Waals surface area contributed by atoms with Crippen LogP contribution in [0.25, 0.3) is 11.1 Å². The van der Waals surface area contributed by atoms with Crippen molar-refractivity contribution >= 4 is 29.7 Å². The van der Waals surface area contributed by atoms with Crippen molar-refractivity contribution in [2.45, 2.75) is 30.3 Å². The number of alkyl carbamates (subject to hydrolysis) is 1. The Morgan fingerprint density at radius 1 is 1.06 bits per heavy atom. The number of aliphatic carboxylic acids is 1. The van der Waals surface area contributed by atoms with Crippen molar-refractivity contribution in [3.63, 3.8) is 0 Å². The maximum Gasteiger partial charge on any atom is 0.408 e. The molecular weight excluding hydrogens is 468 g/mol. The molecule has 2 heterocycles. The third kappa shape index (κ3) is 4.50. The zero-order valence-electron chi connectivity index (χ0n) is 19.3. The van der Waals surface area contributed by atoms with Gasteiger partial charge < -0.3 is 24.8 Å². The van der Waals surface area contributed by atoms with E-state index in [0.717, 1.165) is 22.3 Å². The Balaban J connectivity index is 1.32. The van der Waals surface area contributed by atoms with Crippen molar-refractivity contribution in [1.82, 2.24) is 10.2 Å². The predicted octanol–water partition coefficient (Wildman–Crippen LogP) is 3.10. The van der Waals surface area contributed by atoms with Gasteiger partial charge in [-0.2, -0.15) is 11.8 Å². The second-order valence-electron chi connectivity index (χ2n) is 9.07. The van der Waals surface area contributed by atoms with Crippen LogP contribution in [-0.4, -0.2) is 77.4 Å². The van der Waals surface area contributed by atoms with E-state index in [1.807, 2.05) is 36.4 Å². The monoisotopic (exact) mass is 496 g/mol. The second-order valence-corrected chi connectivity index (χ2v) is 10.2. The Morgan fingerprint density at radius 3 is 2.31 bits per heavy atom. The van der Waals surface area contributed by atoms with Crippen LogP contribution in [0.4, 0.5) is 4.79 Å². The zero-order chi connectivity index (χ0) is 24.4. The van der Waals surface area contributed by atoms with Crippen LogP contribution in [0.2, 0.25) is 0 Å². The average Bonchev–Trinajstić information content (AvgIpc) is 3.21. The van der Waals surface area contributed by atoms with Crippen molar-refractivity contribution in [2.24, 2.45) is 0 Å². The molecule has 9 heteroatoms. The number of carbonyl (C=O) groups is 3. The SMILES string of the molecule is O=C(NC1(C(=O)N2CCSCC2C(=O)O)CCOCC1)OCC1c2ccccc2-c2ccccc21. The summed E-state index contributed by atoms with van der Waals surface area (Å²) in [4.78, 5) is 39.9. The normalized spacial score (nSPS) is 21.0. The van der Waals surface area contributed by atoms with Gasteiger partial charge in [-0.3, -0.25) is 4.79 Å². The maximum atomic E-state index is 13.6. The molecule has 35 heavy (non-hydrogen) atoms. The number of hydrogen-bond donors (Lipinski definition) is 2. The molecule has 2 fully saturated rings. The number of nitrogens with zero attached hydrogens (tertiary/aromatic N) is 1. The van der Waals surface area contributed by atoms with Gasteiger partial charge in [-0.1, -0.05) is 48.5 Å². The number of benzene rings is 2. The quantitative estimate of drug-likeness (QED) is 0.655. The van der Waals surface area contributed by atoms with Gasteiger partial charge in [-0.25, -0.2) is 9.59 Å². The Morgan fingerprint density at radius 2 is 1.69 bits per heavy atom. The summed E-state index contributed by atoms with van der Waals surface area (Å²) in [7, 11) is 0. The minimum Gasteiger partial charge on any atom is -0.480 e. The van der Waals surface area contributed by atoms with Gasteiger partial charge in [-0.15, -0.1) is 0 Å². The summed E-state index contributed by atoms with van der Waals surface area (Å²) in [5.74, 6) is -0.507. The first kappa shape index (κ1) is 23.7. The van der Waals surface area contributed by atoms with Crippen LogP contribution in [0, 0.1) is 0 Å². The standard InChI is InChI=1S/C26H28N2O6S/c29-23(30)22-16-35-14-11-28(22)24(31)26(9-12-33-13-10-26)27-25(32)34-15-21-19-7-3-1-5-17(19)18-6-2-4-8-20(18)21/h1-8,21-22H,9-16H2,(H,27,32)(H,29,30). The number of nitrogens with one attached hydrogen (secondary N) is 1. The molecule has 1 aliphatic carbocycles. The van der Waals surface area contributed by atoms with E-state index in [4.69, 9.17) is 9.47 Å². The molecule has 8 nitrogen and oxygen atoms in total. The number of hydrogen-bond acceptors (Lipinski definition) is 6. The highest BCUT2D eigenvalue weighted by Gasteiger charge is 2.47. The Kier molecular flexibility index (Phi) is 6.71. The maximum absolute atomic E-state index is 13.6. The first-order valence-corrected chi connectivity index (χ1v) is 13.0. The predicted molar refractivity (Wildman–Crippen MR) is 131 cm³/mol. The molecular formula is C26H28N2O6S. The minimum absolute atomic E-state index is 0.0926. The lowest BCUT2D eigenvalue weighted by molar-refractivity contribution is -0.154. The van der Waals surface area contributed by atoms with E-state index in [1.54, 1.807) is 0 Å². The summed E-state index contributed by atoms with van der Waals surface area (Å²) >= 11 is 1.51. The van der Waals surface area contributed by atoms with Crippen molar-refractivity contribution in [1.29, 1.82) is 0 Å². The highest BCUT2D eigenvalue weighted by atomic mass is 32.2. The molecule has 0 saturated carbocycles. The Labute approximate surface area is 208 Å². The lowest BCUT2D eigenvalue weighted by atomic mass is 9.88. The highest BCUT2D eigenvalue weighted by molar-refractivity contribution is 7.99. The smallest absolute Gasteiger partial charge is 0.408 e. The van der Waals surface area contributed by atoms with E-state index in [2.05, 4.69) is 17.4 Å². The first-order valence-electron chi connectivity index (χ1n) is 11.8. The number of carbonyl (C=O) groups excluding carboxylic acids is 2. The molecule has 0 radical (unpaired) electrons. The van der Waals surface area contributed by atoms with Crippen LogP contribution in [0.1, 0.15) is 29.9 Å². The lowest BCUT2D eigenvalue weighted by Gasteiger charge is -2.42. The van der Waals surface area contributed by atoms with Crippen LogP contribution in [0.5, 0.6) is 0 Å². The van der Waals surface area contributed by atoms with Gasteiger partial charge in [0, 0.05) is 50.0 Å². The van der Waals surface area contributed by atoms with Crippen LogP contribution in [0.15, 0.2) is 48.5 Å². The number of fused-ring (bicyclic) bond motifs is 3. The molecule has 2 amide bonds. The van der Waals surface area contributed by atoms with E-state index in [-0.39, 0.29) is 31.3 Å². The summed E-state index contributed by atoms with van der Waals surface area (Å²) < 4.78 is 11.2. The molecule has 1 atom stereocenters. The van der Waals surface area contributed by atoms with E-state index < -0.39 is 23.6 Å². The average molecular weight is 497 g/mol. The van der Waals surface area contributed by atoms with Gasteiger partial charge in [0.1, 0.15) is 18.2 Å². The number of rotatable bonds is 5. The molecule has 2 aromatic rings. The summed E-state index contributed by atoms with van der Waals surface area (Å²) in [6, 6.07) is 15.3.